The number of rotatable bonds is 5. The SMILES string of the molecule is COc1ccc(-n2nc(Sc3ccc(-c4ccccc4)cc3)c(C)c(C#N)c2=O)cc1. The lowest BCUT2D eigenvalue weighted by molar-refractivity contribution is 0.414. The molecule has 1 heterocycles. The fourth-order valence-electron chi connectivity index (χ4n) is 3.17. The number of aromatic nitrogens is 2. The molecule has 0 aliphatic carbocycles. The molecular weight excluding hydrogens is 406 g/mol. The highest BCUT2D eigenvalue weighted by atomic mass is 32.2. The van der Waals surface area contributed by atoms with E-state index in [1.165, 1.54) is 16.4 Å². The predicted octanol–water partition coefficient (Wildman–Crippen LogP) is 5.24. The summed E-state index contributed by atoms with van der Waals surface area (Å²) in [7, 11) is 1.58. The Bertz CT molecular complexity index is 1310. The van der Waals surface area contributed by atoms with Gasteiger partial charge in [-0.1, -0.05) is 54.2 Å². The van der Waals surface area contributed by atoms with E-state index in [2.05, 4.69) is 29.4 Å². The predicted molar refractivity (Wildman–Crippen MR) is 122 cm³/mol. The molecular formula is C25H19N3O2S. The van der Waals surface area contributed by atoms with E-state index in [0.717, 1.165) is 16.0 Å². The molecule has 0 spiro atoms. The molecule has 0 fully saturated rings. The van der Waals surface area contributed by atoms with E-state index in [9.17, 15) is 10.1 Å². The van der Waals surface area contributed by atoms with Crippen LogP contribution in [-0.2, 0) is 0 Å². The maximum atomic E-state index is 12.8. The molecule has 0 bridgehead atoms. The van der Waals surface area contributed by atoms with Crippen LogP contribution in [0.25, 0.3) is 16.8 Å². The first-order valence-electron chi connectivity index (χ1n) is 9.62. The van der Waals surface area contributed by atoms with Crippen LogP contribution in [0.1, 0.15) is 11.1 Å². The lowest BCUT2D eigenvalue weighted by atomic mass is 10.1. The molecule has 1 aromatic heterocycles. The van der Waals surface area contributed by atoms with Gasteiger partial charge in [0.2, 0.25) is 0 Å². The van der Waals surface area contributed by atoms with E-state index in [-0.39, 0.29) is 5.56 Å². The third-order valence-corrected chi connectivity index (χ3v) is 5.99. The van der Waals surface area contributed by atoms with Gasteiger partial charge in [0.1, 0.15) is 22.4 Å². The molecule has 31 heavy (non-hydrogen) atoms. The van der Waals surface area contributed by atoms with Crippen molar-refractivity contribution in [1.29, 1.82) is 5.26 Å². The number of nitrogens with zero attached hydrogens (tertiary/aromatic N) is 3. The van der Waals surface area contributed by atoms with Crippen molar-refractivity contribution >= 4 is 11.8 Å². The van der Waals surface area contributed by atoms with Gasteiger partial charge < -0.3 is 4.74 Å². The standard InChI is InChI=1S/C25H19N3O2S/c1-17-23(16-26)25(29)28(20-10-12-21(30-2)13-11-20)27-24(17)31-22-14-8-19(9-15-22)18-6-4-3-5-7-18/h3-15H,1-2H3. The lowest BCUT2D eigenvalue weighted by Crippen LogP contribution is -2.25. The molecule has 5 nitrogen and oxygen atoms in total. The summed E-state index contributed by atoms with van der Waals surface area (Å²) in [4.78, 5) is 13.8. The van der Waals surface area contributed by atoms with Gasteiger partial charge in [0.25, 0.3) is 5.56 Å². The number of hydrogen-bond donors (Lipinski definition) is 0. The Morgan fingerprint density at radius 3 is 2.19 bits per heavy atom. The van der Waals surface area contributed by atoms with Gasteiger partial charge in [0, 0.05) is 10.5 Å². The fourth-order valence-corrected chi connectivity index (χ4v) is 4.04. The van der Waals surface area contributed by atoms with E-state index in [1.54, 1.807) is 38.3 Å². The van der Waals surface area contributed by atoms with Crippen molar-refractivity contribution in [1.82, 2.24) is 9.78 Å². The minimum atomic E-state index is -0.436. The first kappa shape index (κ1) is 20.5. The van der Waals surface area contributed by atoms with Gasteiger partial charge in [-0.2, -0.15) is 15.0 Å². The molecule has 0 amide bonds. The zero-order chi connectivity index (χ0) is 21.8. The summed E-state index contributed by atoms with van der Waals surface area (Å²) in [5, 5.41) is 14.8. The monoisotopic (exact) mass is 425 g/mol. The Morgan fingerprint density at radius 2 is 1.58 bits per heavy atom. The number of methoxy groups -OCH3 is 1. The number of nitriles is 1. The molecule has 0 aliphatic rings. The van der Waals surface area contributed by atoms with Crippen LogP contribution in [0.5, 0.6) is 5.75 Å². The summed E-state index contributed by atoms with van der Waals surface area (Å²) in [6, 6.07) is 27.3. The van der Waals surface area contributed by atoms with E-state index in [1.807, 2.05) is 36.4 Å². The normalized spacial score (nSPS) is 10.5. The third-order valence-electron chi connectivity index (χ3n) is 4.90. The Labute approximate surface area is 184 Å². The second kappa shape index (κ2) is 8.90. The summed E-state index contributed by atoms with van der Waals surface area (Å²) in [6.45, 7) is 1.76. The third kappa shape index (κ3) is 4.23. The molecule has 0 atom stereocenters. The summed E-state index contributed by atoms with van der Waals surface area (Å²) >= 11 is 1.43. The molecule has 0 saturated heterocycles. The van der Waals surface area contributed by atoms with Gasteiger partial charge in [0.05, 0.1) is 12.8 Å². The highest BCUT2D eigenvalue weighted by Crippen LogP contribution is 2.31. The molecule has 4 aromatic rings. The van der Waals surface area contributed by atoms with E-state index in [4.69, 9.17) is 4.74 Å². The minimum Gasteiger partial charge on any atom is -0.497 e. The summed E-state index contributed by atoms with van der Waals surface area (Å²) in [5.41, 5.74) is 3.07. The second-order valence-corrected chi connectivity index (χ2v) is 7.89. The second-order valence-electron chi connectivity index (χ2n) is 6.82. The lowest BCUT2D eigenvalue weighted by Gasteiger charge is -2.12. The number of hydrogen-bond acceptors (Lipinski definition) is 5. The van der Waals surface area contributed by atoms with Crippen molar-refractivity contribution < 1.29 is 4.74 Å². The van der Waals surface area contributed by atoms with Gasteiger partial charge >= 0.3 is 0 Å². The Kier molecular flexibility index (Phi) is 5.87. The maximum Gasteiger partial charge on any atom is 0.289 e. The van der Waals surface area contributed by atoms with Crippen molar-refractivity contribution in [2.24, 2.45) is 0 Å². The molecule has 0 saturated carbocycles. The molecule has 0 aliphatic heterocycles. The topological polar surface area (TPSA) is 67.9 Å². The first-order valence-corrected chi connectivity index (χ1v) is 10.4. The summed E-state index contributed by atoms with van der Waals surface area (Å²) < 4.78 is 6.45. The van der Waals surface area contributed by atoms with Gasteiger partial charge in [-0.15, -0.1) is 0 Å². The highest BCUT2D eigenvalue weighted by Gasteiger charge is 2.16. The summed E-state index contributed by atoms with van der Waals surface area (Å²) in [6.07, 6.45) is 0. The van der Waals surface area contributed by atoms with Crippen molar-refractivity contribution in [3.05, 3.63) is 100 Å². The van der Waals surface area contributed by atoms with Crippen molar-refractivity contribution in [2.75, 3.05) is 7.11 Å². The molecule has 0 unspecified atom stereocenters. The summed E-state index contributed by atoms with van der Waals surface area (Å²) in [5.74, 6) is 0.678. The fraction of sp³-hybridized carbons (Fsp3) is 0.0800. The molecule has 152 valence electrons. The average molecular weight is 426 g/mol. The first-order chi connectivity index (χ1) is 15.1. The molecule has 3 aromatic carbocycles. The van der Waals surface area contributed by atoms with Gasteiger partial charge in [-0.3, -0.25) is 4.79 Å². The zero-order valence-electron chi connectivity index (χ0n) is 17.1. The van der Waals surface area contributed by atoms with Crippen molar-refractivity contribution in [3.8, 4) is 28.6 Å². The van der Waals surface area contributed by atoms with Gasteiger partial charge in [0.15, 0.2) is 0 Å². The maximum absolute atomic E-state index is 12.8. The van der Waals surface area contributed by atoms with Crippen LogP contribution in [0.4, 0.5) is 0 Å². The van der Waals surface area contributed by atoms with Crippen LogP contribution in [0.2, 0.25) is 0 Å². The largest absolute Gasteiger partial charge is 0.497 e. The van der Waals surface area contributed by atoms with Crippen LogP contribution in [0.15, 0.2) is 93.6 Å². The minimum absolute atomic E-state index is 0.0919. The van der Waals surface area contributed by atoms with Crippen molar-refractivity contribution in [2.45, 2.75) is 16.8 Å². The highest BCUT2D eigenvalue weighted by molar-refractivity contribution is 7.99. The van der Waals surface area contributed by atoms with Crippen LogP contribution in [0, 0.1) is 18.3 Å². The molecule has 0 N–H and O–H groups in total. The van der Waals surface area contributed by atoms with Gasteiger partial charge in [-0.05, 0) is 54.4 Å². The van der Waals surface area contributed by atoms with Crippen LogP contribution >= 0.6 is 11.8 Å². The number of ether oxygens (including phenoxy) is 1. The molecule has 0 radical (unpaired) electrons. The van der Waals surface area contributed by atoms with E-state index >= 15 is 0 Å². The van der Waals surface area contributed by atoms with E-state index < -0.39 is 5.56 Å². The average Bonchev–Trinajstić information content (AvgIpc) is 2.82. The number of benzene rings is 3. The Hall–Kier alpha value is -3.82. The van der Waals surface area contributed by atoms with Crippen LogP contribution in [-0.4, -0.2) is 16.9 Å². The van der Waals surface area contributed by atoms with Crippen LogP contribution in [0.3, 0.4) is 0 Å². The smallest absolute Gasteiger partial charge is 0.289 e. The Morgan fingerprint density at radius 1 is 0.935 bits per heavy atom. The van der Waals surface area contributed by atoms with E-state index in [0.29, 0.717) is 22.0 Å². The quantitative estimate of drug-likeness (QED) is 0.437. The Balaban J connectivity index is 1.71. The van der Waals surface area contributed by atoms with Crippen LogP contribution < -0.4 is 10.3 Å². The van der Waals surface area contributed by atoms with Gasteiger partial charge in [-0.25, -0.2) is 0 Å². The molecule has 4 rings (SSSR count). The van der Waals surface area contributed by atoms with Crippen molar-refractivity contribution in [3.63, 3.8) is 0 Å². The zero-order valence-corrected chi connectivity index (χ0v) is 17.9. The molecule has 6 heteroatoms.